The van der Waals surface area contributed by atoms with Crippen LogP contribution in [0.15, 0.2) is 34.5 Å². The fraction of sp³-hybridized carbons (Fsp3) is 0.300. The largest absolute Gasteiger partial charge is 0.383 e. The van der Waals surface area contributed by atoms with Crippen molar-refractivity contribution < 1.29 is 17.2 Å². The van der Waals surface area contributed by atoms with Crippen LogP contribution in [0.4, 0.5) is 19.7 Å². The van der Waals surface area contributed by atoms with Crippen molar-refractivity contribution in [1.29, 1.82) is 0 Å². The first-order valence-corrected chi connectivity index (χ1v) is 12.3. The van der Waals surface area contributed by atoms with Gasteiger partial charge >= 0.3 is 0 Å². The average molecular weight is 481 g/mol. The van der Waals surface area contributed by atoms with E-state index in [1.807, 2.05) is 0 Å². The summed E-state index contributed by atoms with van der Waals surface area (Å²) in [6.45, 7) is 2.18. The Morgan fingerprint density at radius 1 is 1.03 bits per heavy atom. The second kappa shape index (κ2) is 9.06. The van der Waals surface area contributed by atoms with Crippen LogP contribution < -0.4 is 16.2 Å². The first-order chi connectivity index (χ1) is 15.2. The average Bonchev–Trinajstić information content (AvgIpc) is 3.41. The molecule has 12 heteroatoms. The van der Waals surface area contributed by atoms with Crippen LogP contribution in [0.1, 0.15) is 24.0 Å². The first kappa shape index (κ1) is 22.5. The number of anilines is 2. The number of rotatable bonds is 7. The molecule has 0 atom stereocenters. The molecule has 170 valence electrons. The molecule has 1 aromatic carbocycles. The molecule has 1 aliphatic rings. The van der Waals surface area contributed by atoms with Crippen LogP contribution in [-0.4, -0.2) is 36.4 Å². The maximum atomic E-state index is 14.5. The van der Waals surface area contributed by atoms with Crippen LogP contribution in [0.2, 0.25) is 0 Å². The Morgan fingerprint density at radius 3 is 2.38 bits per heavy atom. The van der Waals surface area contributed by atoms with Gasteiger partial charge in [-0.25, -0.2) is 32.3 Å². The first-order valence-electron chi connectivity index (χ1n) is 9.89. The smallest absolute Gasteiger partial charge is 0.241 e. The summed E-state index contributed by atoms with van der Waals surface area (Å²) in [6, 6.07) is 5.02. The van der Waals surface area contributed by atoms with Crippen LogP contribution in [-0.2, 0) is 23.1 Å². The third kappa shape index (κ3) is 4.88. The minimum Gasteiger partial charge on any atom is -0.383 e. The van der Waals surface area contributed by atoms with Gasteiger partial charge in [-0.05, 0) is 50.2 Å². The summed E-state index contributed by atoms with van der Waals surface area (Å²) in [4.78, 5) is 10.3. The number of sulfonamides is 1. The van der Waals surface area contributed by atoms with Gasteiger partial charge in [-0.1, -0.05) is 0 Å². The van der Waals surface area contributed by atoms with E-state index in [-0.39, 0.29) is 22.8 Å². The molecule has 3 aromatic rings. The number of likely N-dealkylation sites (tertiary alicyclic amines) is 1. The molecule has 8 nitrogen and oxygen atoms in total. The van der Waals surface area contributed by atoms with E-state index in [9.17, 15) is 17.2 Å². The molecule has 0 amide bonds. The van der Waals surface area contributed by atoms with Crippen molar-refractivity contribution in [1.82, 2.24) is 14.9 Å². The standard InChI is InChI=1S/C20H22F2N6O2S2/c21-14-3-4-15(22)13(10-28-7-1-2-8-28)12(14)9-25-20-27-17(11-31-20)16-5-6-18(19(23)26-16)32(24,29)30/h3-6,11H,1-2,7-10H2,(H2,23,26)(H,25,27)(H2,24,29,30). The number of pyridine rings is 1. The van der Waals surface area contributed by atoms with Gasteiger partial charge in [0.2, 0.25) is 10.0 Å². The summed E-state index contributed by atoms with van der Waals surface area (Å²) < 4.78 is 52.0. The number of nitrogens with one attached hydrogen (secondary N) is 1. The Labute approximate surface area is 188 Å². The van der Waals surface area contributed by atoms with Crippen molar-refractivity contribution >= 4 is 32.3 Å². The molecule has 1 saturated heterocycles. The van der Waals surface area contributed by atoms with Gasteiger partial charge in [-0.15, -0.1) is 11.3 Å². The van der Waals surface area contributed by atoms with Gasteiger partial charge < -0.3 is 11.1 Å². The van der Waals surface area contributed by atoms with E-state index in [0.29, 0.717) is 28.6 Å². The Kier molecular flexibility index (Phi) is 6.38. The van der Waals surface area contributed by atoms with Crippen LogP contribution in [0.5, 0.6) is 0 Å². The van der Waals surface area contributed by atoms with Gasteiger partial charge in [0.25, 0.3) is 0 Å². The van der Waals surface area contributed by atoms with Gasteiger partial charge in [0.15, 0.2) is 5.13 Å². The van der Waals surface area contributed by atoms with Crippen LogP contribution in [0.3, 0.4) is 0 Å². The van der Waals surface area contributed by atoms with E-state index < -0.39 is 21.7 Å². The molecule has 5 N–H and O–H groups in total. The number of thiazole rings is 1. The topological polar surface area (TPSA) is 127 Å². The highest BCUT2D eigenvalue weighted by molar-refractivity contribution is 7.89. The van der Waals surface area contributed by atoms with E-state index in [2.05, 4.69) is 20.2 Å². The number of benzene rings is 1. The van der Waals surface area contributed by atoms with Crippen molar-refractivity contribution in [2.24, 2.45) is 5.14 Å². The lowest BCUT2D eigenvalue weighted by atomic mass is 10.1. The Balaban J connectivity index is 1.52. The number of hydrogen-bond acceptors (Lipinski definition) is 8. The molecule has 0 saturated carbocycles. The maximum absolute atomic E-state index is 14.5. The minimum atomic E-state index is -3.97. The third-order valence-corrected chi connectivity index (χ3v) is 7.03. The van der Waals surface area contributed by atoms with E-state index in [4.69, 9.17) is 10.9 Å². The molecule has 0 bridgehead atoms. The number of hydrogen-bond donors (Lipinski definition) is 3. The van der Waals surface area contributed by atoms with Crippen molar-refractivity contribution in [3.05, 3.63) is 52.4 Å². The van der Waals surface area contributed by atoms with Gasteiger partial charge in [-0.3, -0.25) is 4.90 Å². The second-order valence-corrected chi connectivity index (χ2v) is 9.87. The fourth-order valence-corrected chi connectivity index (χ4v) is 4.94. The SMILES string of the molecule is Nc1nc(-c2csc(NCc3c(F)ccc(F)c3CN3CCCC3)n2)ccc1S(N)(=O)=O. The normalized spacial score (nSPS) is 14.7. The zero-order chi connectivity index (χ0) is 22.9. The highest BCUT2D eigenvalue weighted by Crippen LogP contribution is 2.28. The lowest BCUT2D eigenvalue weighted by Gasteiger charge is -2.19. The number of nitrogens with two attached hydrogens (primary N) is 2. The van der Waals surface area contributed by atoms with Crippen LogP contribution in [0, 0.1) is 11.6 Å². The molecule has 1 aliphatic heterocycles. The summed E-state index contributed by atoms with van der Waals surface area (Å²) in [5, 5.41) is 10.3. The lowest BCUT2D eigenvalue weighted by Crippen LogP contribution is -2.21. The van der Waals surface area contributed by atoms with E-state index in [1.165, 1.54) is 23.5 Å². The number of primary sulfonamides is 1. The summed E-state index contributed by atoms with van der Waals surface area (Å²) in [7, 11) is -3.97. The predicted molar refractivity (Wildman–Crippen MR) is 119 cm³/mol. The molecule has 0 aliphatic carbocycles. The van der Waals surface area contributed by atoms with Gasteiger partial charge in [0.1, 0.15) is 28.0 Å². The molecule has 3 heterocycles. The zero-order valence-electron chi connectivity index (χ0n) is 17.0. The fourth-order valence-electron chi connectivity index (χ4n) is 3.64. The van der Waals surface area contributed by atoms with E-state index in [1.54, 1.807) is 5.38 Å². The predicted octanol–water partition coefficient (Wildman–Crippen LogP) is 2.92. The monoisotopic (exact) mass is 480 g/mol. The molecule has 4 rings (SSSR count). The summed E-state index contributed by atoms with van der Waals surface area (Å²) in [6.07, 6.45) is 2.12. The van der Waals surface area contributed by atoms with Crippen molar-refractivity contribution in [3.8, 4) is 11.4 Å². The zero-order valence-corrected chi connectivity index (χ0v) is 18.6. The van der Waals surface area contributed by atoms with E-state index in [0.717, 1.165) is 38.1 Å². The molecule has 32 heavy (non-hydrogen) atoms. The van der Waals surface area contributed by atoms with Crippen molar-refractivity contribution in [2.75, 3.05) is 24.1 Å². The Bertz CT molecular complexity index is 1240. The quantitative estimate of drug-likeness (QED) is 0.474. The molecular formula is C20H22F2N6O2S2. The molecule has 1 fully saturated rings. The lowest BCUT2D eigenvalue weighted by molar-refractivity contribution is 0.323. The third-order valence-electron chi connectivity index (χ3n) is 5.27. The number of nitrogens with zero attached hydrogens (tertiary/aromatic N) is 3. The molecule has 2 aromatic heterocycles. The summed E-state index contributed by atoms with van der Waals surface area (Å²) >= 11 is 1.26. The number of aromatic nitrogens is 2. The molecule has 0 unspecified atom stereocenters. The van der Waals surface area contributed by atoms with Crippen LogP contribution >= 0.6 is 11.3 Å². The highest BCUT2D eigenvalue weighted by Gasteiger charge is 2.20. The van der Waals surface area contributed by atoms with Crippen molar-refractivity contribution in [3.63, 3.8) is 0 Å². The summed E-state index contributed by atoms with van der Waals surface area (Å²) in [5.41, 5.74) is 7.16. The maximum Gasteiger partial charge on any atom is 0.241 e. The molecular weight excluding hydrogens is 458 g/mol. The number of nitrogen functional groups attached to an aromatic ring is 1. The number of halogens is 2. The van der Waals surface area contributed by atoms with E-state index >= 15 is 0 Å². The summed E-state index contributed by atoms with van der Waals surface area (Å²) in [5.74, 6) is -1.12. The van der Waals surface area contributed by atoms with Crippen LogP contribution in [0.25, 0.3) is 11.4 Å². The van der Waals surface area contributed by atoms with Gasteiger partial charge in [0, 0.05) is 29.6 Å². The Morgan fingerprint density at radius 2 is 1.72 bits per heavy atom. The molecule has 0 radical (unpaired) electrons. The minimum absolute atomic E-state index is 0.0691. The van der Waals surface area contributed by atoms with Gasteiger partial charge in [0.05, 0.1) is 5.69 Å². The van der Waals surface area contributed by atoms with Crippen molar-refractivity contribution in [2.45, 2.75) is 30.8 Å². The van der Waals surface area contributed by atoms with Gasteiger partial charge in [-0.2, -0.15) is 0 Å². The highest BCUT2D eigenvalue weighted by atomic mass is 32.2. The second-order valence-electron chi connectivity index (χ2n) is 7.49. The molecule has 0 spiro atoms. The Hall–Kier alpha value is -2.67.